The molecule has 1 aliphatic rings. The van der Waals surface area contributed by atoms with Crippen molar-refractivity contribution in [2.75, 3.05) is 20.7 Å². The van der Waals surface area contributed by atoms with E-state index in [0.717, 1.165) is 6.54 Å². The summed E-state index contributed by atoms with van der Waals surface area (Å²) in [5.74, 6) is 0.703. The maximum absolute atomic E-state index is 11.0. The first-order valence-electron chi connectivity index (χ1n) is 4.53. The highest BCUT2D eigenvalue weighted by atomic mass is 16.5. The Bertz CT molecular complexity index is 153. The molecule has 0 aromatic rings. The highest BCUT2D eigenvalue weighted by Gasteiger charge is 2.19. The fourth-order valence-electron chi connectivity index (χ4n) is 1.81. The zero-order valence-electron chi connectivity index (χ0n) is 7.88. The second-order valence-electron chi connectivity index (χ2n) is 3.50. The van der Waals surface area contributed by atoms with Gasteiger partial charge >= 0.3 is 6.09 Å². The van der Waals surface area contributed by atoms with Crippen LogP contribution in [0, 0.1) is 5.92 Å². The summed E-state index contributed by atoms with van der Waals surface area (Å²) in [7, 11) is 3.22. The molecule has 0 N–H and O–H groups in total. The summed E-state index contributed by atoms with van der Waals surface area (Å²) in [6, 6.07) is 0. The van der Waals surface area contributed by atoms with E-state index in [4.69, 9.17) is 0 Å². The number of ether oxygens (including phenoxy) is 1. The van der Waals surface area contributed by atoms with Gasteiger partial charge in [0.1, 0.15) is 0 Å². The van der Waals surface area contributed by atoms with Gasteiger partial charge in [0.25, 0.3) is 0 Å². The highest BCUT2D eigenvalue weighted by molar-refractivity contribution is 5.66. The Balaban J connectivity index is 2.24. The van der Waals surface area contributed by atoms with Crippen molar-refractivity contribution in [2.45, 2.75) is 25.7 Å². The van der Waals surface area contributed by atoms with Gasteiger partial charge in [0.05, 0.1) is 7.11 Å². The molecule has 1 rings (SSSR count). The Morgan fingerprint density at radius 1 is 1.50 bits per heavy atom. The summed E-state index contributed by atoms with van der Waals surface area (Å²) in [6.45, 7) is 0.854. The van der Waals surface area contributed by atoms with Crippen molar-refractivity contribution in [3.8, 4) is 0 Å². The lowest BCUT2D eigenvalue weighted by Crippen LogP contribution is -2.30. The molecule has 1 fully saturated rings. The SMILES string of the molecule is COC(=O)N(C)CC1CCCC1. The fourth-order valence-corrected chi connectivity index (χ4v) is 1.81. The van der Waals surface area contributed by atoms with Crippen LogP contribution in [-0.4, -0.2) is 31.7 Å². The predicted molar refractivity (Wildman–Crippen MR) is 47.0 cm³/mol. The van der Waals surface area contributed by atoms with Gasteiger partial charge in [-0.25, -0.2) is 4.79 Å². The average molecular weight is 171 g/mol. The van der Waals surface area contributed by atoms with Crippen molar-refractivity contribution >= 4 is 6.09 Å². The maximum atomic E-state index is 11.0. The molecule has 70 valence electrons. The van der Waals surface area contributed by atoms with Crippen LogP contribution in [0.3, 0.4) is 0 Å². The van der Waals surface area contributed by atoms with Crippen molar-refractivity contribution in [2.24, 2.45) is 5.92 Å². The summed E-state index contributed by atoms with van der Waals surface area (Å²) in [4.78, 5) is 12.7. The van der Waals surface area contributed by atoms with Crippen molar-refractivity contribution in [1.29, 1.82) is 0 Å². The molecule has 0 aromatic carbocycles. The number of nitrogens with zero attached hydrogens (tertiary/aromatic N) is 1. The van der Waals surface area contributed by atoms with Gasteiger partial charge in [-0.2, -0.15) is 0 Å². The Kier molecular flexibility index (Phi) is 3.38. The Morgan fingerprint density at radius 2 is 2.08 bits per heavy atom. The molecule has 0 heterocycles. The van der Waals surface area contributed by atoms with Crippen LogP contribution in [0.25, 0.3) is 0 Å². The molecule has 3 heteroatoms. The third-order valence-corrected chi connectivity index (χ3v) is 2.49. The first-order valence-corrected chi connectivity index (χ1v) is 4.53. The molecule has 12 heavy (non-hydrogen) atoms. The molecule has 0 saturated heterocycles. The maximum Gasteiger partial charge on any atom is 0.409 e. The van der Waals surface area contributed by atoms with Gasteiger partial charge in [-0.3, -0.25) is 0 Å². The number of carbonyl (C=O) groups is 1. The first-order chi connectivity index (χ1) is 5.74. The molecule has 0 bridgehead atoms. The van der Waals surface area contributed by atoms with Crippen molar-refractivity contribution in [1.82, 2.24) is 4.90 Å². The molecule has 1 aliphatic carbocycles. The van der Waals surface area contributed by atoms with E-state index >= 15 is 0 Å². The number of amides is 1. The van der Waals surface area contributed by atoms with Crippen LogP contribution in [0.15, 0.2) is 0 Å². The van der Waals surface area contributed by atoms with Gasteiger partial charge in [0.15, 0.2) is 0 Å². The van der Waals surface area contributed by atoms with E-state index in [1.165, 1.54) is 32.8 Å². The van der Waals surface area contributed by atoms with Crippen LogP contribution in [0.2, 0.25) is 0 Å². The lowest BCUT2D eigenvalue weighted by molar-refractivity contribution is 0.127. The zero-order valence-corrected chi connectivity index (χ0v) is 7.88. The summed E-state index contributed by atoms with van der Waals surface area (Å²) in [5, 5.41) is 0. The molecule has 1 amide bonds. The van der Waals surface area contributed by atoms with Gasteiger partial charge in [-0.15, -0.1) is 0 Å². The quantitative estimate of drug-likeness (QED) is 0.634. The van der Waals surface area contributed by atoms with Crippen molar-refractivity contribution in [3.63, 3.8) is 0 Å². The number of hydrogen-bond acceptors (Lipinski definition) is 2. The largest absolute Gasteiger partial charge is 0.453 e. The molecule has 0 aliphatic heterocycles. The lowest BCUT2D eigenvalue weighted by atomic mass is 10.1. The second-order valence-corrected chi connectivity index (χ2v) is 3.50. The van der Waals surface area contributed by atoms with E-state index in [-0.39, 0.29) is 6.09 Å². The number of hydrogen-bond donors (Lipinski definition) is 0. The smallest absolute Gasteiger partial charge is 0.409 e. The summed E-state index contributed by atoms with van der Waals surface area (Å²) in [5.41, 5.74) is 0. The number of rotatable bonds is 2. The minimum Gasteiger partial charge on any atom is -0.453 e. The van der Waals surface area contributed by atoms with Gasteiger partial charge in [0, 0.05) is 13.6 Å². The van der Waals surface area contributed by atoms with Crippen LogP contribution in [0.5, 0.6) is 0 Å². The van der Waals surface area contributed by atoms with E-state index in [9.17, 15) is 4.79 Å². The van der Waals surface area contributed by atoms with E-state index in [2.05, 4.69) is 4.74 Å². The minimum atomic E-state index is -0.220. The second kappa shape index (κ2) is 4.33. The van der Waals surface area contributed by atoms with E-state index < -0.39 is 0 Å². The molecule has 0 unspecified atom stereocenters. The van der Waals surface area contributed by atoms with E-state index in [1.54, 1.807) is 11.9 Å². The topological polar surface area (TPSA) is 29.5 Å². The van der Waals surface area contributed by atoms with Gasteiger partial charge in [-0.05, 0) is 18.8 Å². The van der Waals surface area contributed by atoms with Crippen LogP contribution in [0.1, 0.15) is 25.7 Å². The normalized spacial score (nSPS) is 17.8. The lowest BCUT2D eigenvalue weighted by Gasteiger charge is -2.19. The van der Waals surface area contributed by atoms with Crippen LogP contribution in [0.4, 0.5) is 4.79 Å². The zero-order chi connectivity index (χ0) is 8.97. The van der Waals surface area contributed by atoms with Gasteiger partial charge < -0.3 is 9.64 Å². The summed E-state index contributed by atoms with van der Waals surface area (Å²) < 4.78 is 4.61. The van der Waals surface area contributed by atoms with Crippen molar-refractivity contribution < 1.29 is 9.53 Å². The molecule has 3 nitrogen and oxygen atoms in total. The highest BCUT2D eigenvalue weighted by Crippen LogP contribution is 2.25. The molecule has 0 aromatic heterocycles. The van der Waals surface area contributed by atoms with Gasteiger partial charge in [0.2, 0.25) is 0 Å². The molecule has 1 saturated carbocycles. The molecular formula is C9H17NO2. The third kappa shape index (κ3) is 2.40. The Morgan fingerprint density at radius 3 is 2.58 bits per heavy atom. The van der Waals surface area contributed by atoms with Crippen LogP contribution >= 0.6 is 0 Å². The van der Waals surface area contributed by atoms with E-state index in [1.807, 2.05) is 0 Å². The molecule has 0 atom stereocenters. The first kappa shape index (κ1) is 9.36. The molecule has 0 spiro atoms. The summed E-state index contributed by atoms with van der Waals surface area (Å²) >= 11 is 0. The number of methoxy groups -OCH3 is 1. The number of carbonyl (C=O) groups excluding carboxylic acids is 1. The fraction of sp³-hybridized carbons (Fsp3) is 0.889. The summed E-state index contributed by atoms with van der Waals surface area (Å²) in [6.07, 6.45) is 4.95. The van der Waals surface area contributed by atoms with Crippen LogP contribution in [-0.2, 0) is 4.74 Å². The predicted octanol–water partition coefficient (Wildman–Crippen LogP) is 1.87. The van der Waals surface area contributed by atoms with Crippen LogP contribution < -0.4 is 0 Å². The van der Waals surface area contributed by atoms with Gasteiger partial charge in [-0.1, -0.05) is 12.8 Å². The van der Waals surface area contributed by atoms with Crippen molar-refractivity contribution in [3.05, 3.63) is 0 Å². The molecular weight excluding hydrogens is 154 g/mol. The Hall–Kier alpha value is -0.730. The standard InChI is InChI=1S/C9H17NO2/c1-10(9(11)12-2)7-8-5-3-4-6-8/h8H,3-7H2,1-2H3. The Labute approximate surface area is 73.7 Å². The third-order valence-electron chi connectivity index (χ3n) is 2.49. The monoisotopic (exact) mass is 171 g/mol. The average Bonchev–Trinajstić information content (AvgIpc) is 2.55. The molecule has 0 radical (unpaired) electrons. The van der Waals surface area contributed by atoms with E-state index in [0.29, 0.717) is 5.92 Å². The minimum absolute atomic E-state index is 0.220.